The zero-order valence-electron chi connectivity index (χ0n) is 20.6. The summed E-state index contributed by atoms with van der Waals surface area (Å²) in [6.45, 7) is 5.99. The third-order valence-electron chi connectivity index (χ3n) is 6.16. The molecule has 1 saturated carbocycles. The lowest BCUT2D eigenvalue weighted by Crippen LogP contribution is -2.31. The molecule has 0 spiro atoms. The highest BCUT2D eigenvalue weighted by Gasteiger charge is 2.32. The highest BCUT2D eigenvalue weighted by Crippen LogP contribution is 2.37. The molecule has 11 heteroatoms. The molecule has 190 valence electrons. The van der Waals surface area contributed by atoms with Crippen molar-refractivity contribution in [2.75, 3.05) is 0 Å². The first kappa shape index (κ1) is 24.5. The average Bonchev–Trinajstić information content (AvgIpc) is 3.15. The second-order valence-corrected chi connectivity index (χ2v) is 10.5. The molecule has 0 saturated heterocycles. The third kappa shape index (κ3) is 5.60. The second kappa shape index (κ2) is 10.0. The number of aromatic nitrogens is 5. The molecule has 0 bridgehead atoms. The fourth-order valence-electron chi connectivity index (χ4n) is 4.66. The Labute approximate surface area is 214 Å². The van der Waals surface area contributed by atoms with E-state index in [4.69, 9.17) is 25.9 Å². The van der Waals surface area contributed by atoms with Gasteiger partial charge in [0.2, 0.25) is 5.88 Å². The number of hydrogen-bond acceptors (Lipinski definition) is 9. The molecule has 10 nitrogen and oxygen atoms in total. The summed E-state index contributed by atoms with van der Waals surface area (Å²) >= 11 is 6.33. The predicted octanol–water partition coefficient (Wildman–Crippen LogP) is 5.00. The molecule has 5 rings (SSSR count). The number of nitrogens with zero attached hydrogens (tertiary/aromatic N) is 6. The normalized spacial score (nSPS) is 20.1. The molecular weight excluding hydrogens is 484 g/mol. The summed E-state index contributed by atoms with van der Waals surface area (Å²) in [5.74, 6) is 2.35. The van der Waals surface area contributed by atoms with Crippen molar-refractivity contribution in [2.24, 2.45) is 0 Å². The van der Waals surface area contributed by atoms with Gasteiger partial charge in [0.15, 0.2) is 5.82 Å². The summed E-state index contributed by atoms with van der Waals surface area (Å²) in [7, 11) is 0. The van der Waals surface area contributed by atoms with Gasteiger partial charge in [0.25, 0.3) is 0 Å². The van der Waals surface area contributed by atoms with E-state index < -0.39 is 11.8 Å². The molecule has 0 N–H and O–H groups in total. The van der Waals surface area contributed by atoms with Crippen molar-refractivity contribution >= 4 is 17.8 Å². The molecule has 36 heavy (non-hydrogen) atoms. The van der Waals surface area contributed by atoms with Crippen molar-refractivity contribution in [1.82, 2.24) is 29.8 Å². The van der Waals surface area contributed by atoms with Crippen molar-refractivity contribution in [2.45, 2.75) is 77.2 Å². The maximum absolute atomic E-state index is 12.4. The van der Waals surface area contributed by atoms with Crippen LogP contribution in [-0.4, -0.2) is 47.7 Å². The number of hydroxylamine groups is 2. The number of carbonyl (C=O) groups is 1. The van der Waals surface area contributed by atoms with Gasteiger partial charge in [-0.3, -0.25) is 9.55 Å². The van der Waals surface area contributed by atoms with E-state index in [1.165, 1.54) is 5.06 Å². The number of ether oxygens (including phenoxy) is 2. The van der Waals surface area contributed by atoms with Gasteiger partial charge < -0.3 is 14.3 Å². The largest absolute Gasteiger partial charge is 0.528 e. The minimum absolute atomic E-state index is 0.0910. The smallest absolute Gasteiger partial charge is 0.473 e. The quantitative estimate of drug-likeness (QED) is 0.446. The summed E-state index contributed by atoms with van der Waals surface area (Å²) in [5.41, 5.74) is 1.18. The Hall–Kier alpha value is -3.24. The summed E-state index contributed by atoms with van der Waals surface area (Å²) in [6, 6.07) is 5.70. The Morgan fingerprint density at radius 1 is 1.08 bits per heavy atom. The Bertz CT molecular complexity index is 1220. The number of halogens is 1. The van der Waals surface area contributed by atoms with E-state index >= 15 is 0 Å². The molecule has 1 aliphatic heterocycles. The topological polar surface area (TPSA) is 104 Å². The zero-order chi connectivity index (χ0) is 25.3. The second-order valence-electron chi connectivity index (χ2n) is 10.1. The van der Waals surface area contributed by atoms with Crippen LogP contribution in [0, 0.1) is 0 Å². The summed E-state index contributed by atoms with van der Waals surface area (Å²) in [5, 5.41) is 11.2. The van der Waals surface area contributed by atoms with Crippen molar-refractivity contribution in [3.05, 3.63) is 59.0 Å². The molecule has 2 aliphatic rings. The van der Waals surface area contributed by atoms with Gasteiger partial charge in [-0.1, -0.05) is 11.6 Å². The van der Waals surface area contributed by atoms with E-state index in [1.807, 2.05) is 18.2 Å². The van der Waals surface area contributed by atoms with Crippen LogP contribution >= 0.6 is 11.6 Å². The maximum Gasteiger partial charge on any atom is 0.528 e. The van der Waals surface area contributed by atoms with E-state index in [0.717, 1.165) is 42.8 Å². The lowest BCUT2D eigenvalue weighted by Gasteiger charge is -2.28. The van der Waals surface area contributed by atoms with Crippen LogP contribution < -0.4 is 4.74 Å². The molecular formula is C25H29ClN6O4. The van der Waals surface area contributed by atoms with Crippen LogP contribution in [0.5, 0.6) is 5.88 Å². The minimum Gasteiger partial charge on any atom is -0.473 e. The van der Waals surface area contributed by atoms with Gasteiger partial charge in [-0.2, -0.15) is 0 Å². The molecule has 1 aliphatic carbocycles. The van der Waals surface area contributed by atoms with Crippen LogP contribution in [0.25, 0.3) is 5.69 Å². The Balaban J connectivity index is 1.36. The Kier molecular flexibility index (Phi) is 6.81. The Morgan fingerprint density at radius 2 is 1.89 bits per heavy atom. The van der Waals surface area contributed by atoms with Gasteiger partial charge in [0.05, 0.1) is 25.0 Å². The van der Waals surface area contributed by atoms with Crippen molar-refractivity contribution in [1.29, 1.82) is 0 Å². The molecule has 1 aromatic carbocycles. The number of fused-ring (bicyclic) bond motifs is 3. The van der Waals surface area contributed by atoms with Gasteiger partial charge >= 0.3 is 6.16 Å². The lowest BCUT2D eigenvalue weighted by molar-refractivity contribution is -0.155. The van der Waals surface area contributed by atoms with Crippen LogP contribution in [0.1, 0.15) is 69.6 Å². The molecule has 3 heterocycles. The van der Waals surface area contributed by atoms with E-state index in [0.29, 0.717) is 23.3 Å². The van der Waals surface area contributed by atoms with Gasteiger partial charge in [-0.15, -0.1) is 15.3 Å². The molecule has 1 fully saturated rings. The zero-order valence-corrected chi connectivity index (χ0v) is 21.3. The first-order valence-corrected chi connectivity index (χ1v) is 12.4. The third-order valence-corrected chi connectivity index (χ3v) is 6.40. The lowest BCUT2D eigenvalue weighted by atomic mass is 9.86. The van der Waals surface area contributed by atoms with Gasteiger partial charge in [0.1, 0.15) is 17.5 Å². The number of benzene rings is 1. The van der Waals surface area contributed by atoms with Crippen LogP contribution in [0.3, 0.4) is 0 Å². The minimum atomic E-state index is -0.763. The Morgan fingerprint density at radius 3 is 2.61 bits per heavy atom. The van der Waals surface area contributed by atoms with Crippen molar-refractivity contribution in [3.8, 4) is 11.6 Å². The SMILES string of the molecule is CC(C)(C)OC(=O)ON1Cc2cc(Cl)ccc2-n2c(nnc2[C@H]2CC[C@H](Oc3cnccn3)CC2)C1. The van der Waals surface area contributed by atoms with E-state index in [1.54, 1.807) is 39.4 Å². The number of rotatable bonds is 4. The van der Waals surface area contributed by atoms with Crippen LogP contribution in [0.4, 0.5) is 4.79 Å². The van der Waals surface area contributed by atoms with Crippen molar-refractivity contribution in [3.63, 3.8) is 0 Å². The molecule has 0 radical (unpaired) electrons. The maximum atomic E-state index is 12.4. The van der Waals surface area contributed by atoms with Gasteiger partial charge in [-0.05, 0) is 70.2 Å². The van der Waals surface area contributed by atoms with E-state index in [-0.39, 0.29) is 18.6 Å². The molecule has 0 amide bonds. The van der Waals surface area contributed by atoms with Crippen LogP contribution in [0.2, 0.25) is 5.02 Å². The predicted molar refractivity (Wildman–Crippen MR) is 131 cm³/mol. The van der Waals surface area contributed by atoms with E-state index in [9.17, 15) is 4.79 Å². The number of carbonyl (C=O) groups excluding carboxylic acids is 1. The highest BCUT2D eigenvalue weighted by atomic mass is 35.5. The van der Waals surface area contributed by atoms with Crippen LogP contribution in [0.15, 0.2) is 36.8 Å². The summed E-state index contributed by atoms with van der Waals surface area (Å²) < 4.78 is 13.4. The fourth-order valence-corrected chi connectivity index (χ4v) is 4.85. The van der Waals surface area contributed by atoms with Crippen LogP contribution in [-0.2, 0) is 22.7 Å². The van der Waals surface area contributed by atoms with Crippen molar-refractivity contribution < 1.29 is 19.1 Å². The first-order chi connectivity index (χ1) is 17.2. The fraction of sp³-hybridized carbons (Fsp3) is 0.480. The molecule has 0 atom stereocenters. The summed E-state index contributed by atoms with van der Waals surface area (Å²) in [4.78, 5) is 26.2. The average molecular weight is 513 g/mol. The van der Waals surface area contributed by atoms with Gasteiger partial charge in [-0.25, -0.2) is 9.78 Å². The van der Waals surface area contributed by atoms with E-state index in [2.05, 4.69) is 24.7 Å². The number of hydrogen-bond donors (Lipinski definition) is 0. The monoisotopic (exact) mass is 512 g/mol. The standard InChI is InChI=1S/C25H29ClN6O4/c1-25(2,3)35-24(33)36-31-14-17-12-18(26)6-9-20(17)32-21(15-31)29-30-23(32)16-4-7-19(8-5-16)34-22-13-27-10-11-28-22/h6,9-13,16,19H,4-5,7-8,14-15H2,1-3H3/t16-,19-. The highest BCUT2D eigenvalue weighted by molar-refractivity contribution is 6.30. The molecule has 3 aromatic rings. The molecule has 2 aromatic heterocycles. The first-order valence-electron chi connectivity index (χ1n) is 12.1. The summed E-state index contributed by atoms with van der Waals surface area (Å²) in [6.07, 6.45) is 7.80. The molecule has 0 unspecified atom stereocenters. The van der Waals surface area contributed by atoms with Gasteiger partial charge in [0, 0.05) is 23.3 Å².